The first-order valence-corrected chi connectivity index (χ1v) is 7.90. The minimum atomic E-state index is -1.04. The first-order valence-electron chi connectivity index (χ1n) is 7.12. The monoisotopic (exact) mass is 311 g/mol. The van der Waals surface area contributed by atoms with Gasteiger partial charge in [0.05, 0.1) is 5.69 Å². The van der Waals surface area contributed by atoms with Gasteiger partial charge in [-0.15, -0.1) is 0 Å². The van der Waals surface area contributed by atoms with Gasteiger partial charge < -0.3 is 15.7 Å². The molecule has 0 atom stereocenters. The molecule has 116 valence electrons. The lowest BCUT2D eigenvalue weighted by atomic mass is 9.81. The van der Waals surface area contributed by atoms with Crippen molar-refractivity contribution in [2.75, 3.05) is 18.5 Å². The van der Waals surface area contributed by atoms with E-state index in [9.17, 15) is 14.7 Å². The minimum absolute atomic E-state index is 0.0170. The number of aromatic carboxylic acids is 1. The molecular formula is C14H21N3O3S. The summed E-state index contributed by atoms with van der Waals surface area (Å²) in [4.78, 5) is 25.3. The maximum absolute atomic E-state index is 12.6. The van der Waals surface area contributed by atoms with Crippen molar-refractivity contribution in [2.45, 2.75) is 32.6 Å². The molecule has 1 aliphatic rings. The quantitative estimate of drug-likeness (QED) is 0.885. The van der Waals surface area contributed by atoms with Gasteiger partial charge in [0.25, 0.3) is 0 Å². The van der Waals surface area contributed by atoms with Crippen molar-refractivity contribution in [2.24, 2.45) is 17.6 Å². The Morgan fingerprint density at radius 1 is 1.38 bits per heavy atom. The van der Waals surface area contributed by atoms with Crippen LogP contribution in [0.5, 0.6) is 0 Å². The maximum atomic E-state index is 12.6. The number of hydrogen-bond acceptors (Lipinski definition) is 5. The number of carbonyl (C=O) groups excluding carboxylic acids is 1. The molecule has 0 aliphatic heterocycles. The Hall–Kier alpha value is -1.47. The third-order valence-electron chi connectivity index (χ3n) is 4.22. The van der Waals surface area contributed by atoms with E-state index in [2.05, 4.69) is 4.37 Å². The highest BCUT2D eigenvalue weighted by molar-refractivity contribution is 7.11. The molecule has 1 fully saturated rings. The highest BCUT2D eigenvalue weighted by atomic mass is 32.1. The second kappa shape index (κ2) is 6.53. The Labute approximate surface area is 128 Å². The number of carboxylic acids is 1. The molecule has 6 nitrogen and oxygen atoms in total. The normalized spacial score (nSPS) is 22.0. The van der Waals surface area contributed by atoms with Crippen molar-refractivity contribution in [3.05, 3.63) is 11.3 Å². The molecule has 0 aromatic carbocycles. The Balaban J connectivity index is 2.12. The summed E-state index contributed by atoms with van der Waals surface area (Å²) in [7, 11) is 1.64. The van der Waals surface area contributed by atoms with Gasteiger partial charge in [-0.1, -0.05) is 0 Å². The van der Waals surface area contributed by atoms with Gasteiger partial charge in [-0.05, 0) is 56.6 Å². The van der Waals surface area contributed by atoms with E-state index in [1.165, 1.54) is 4.90 Å². The van der Waals surface area contributed by atoms with Crippen LogP contribution < -0.4 is 10.6 Å². The van der Waals surface area contributed by atoms with Gasteiger partial charge in [-0.2, -0.15) is 4.37 Å². The predicted octanol–water partition coefficient (Wildman–Crippen LogP) is 1.88. The molecule has 2 rings (SSSR count). The lowest BCUT2D eigenvalue weighted by Crippen LogP contribution is -2.36. The van der Waals surface area contributed by atoms with Crippen LogP contribution in [-0.2, 0) is 4.79 Å². The molecule has 1 aliphatic carbocycles. The van der Waals surface area contributed by atoms with Crippen molar-refractivity contribution in [3.8, 4) is 0 Å². The summed E-state index contributed by atoms with van der Waals surface area (Å²) in [5.41, 5.74) is 6.25. The van der Waals surface area contributed by atoms with Gasteiger partial charge in [0.2, 0.25) is 5.91 Å². The lowest BCUT2D eigenvalue weighted by Gasteiger charge is -2.29. The number of anilines is 1. The van der Waals surface area contributed by atoms with E-state index in [1.54, 1.807) is 14.0 Å². The molecule has 1 aromatic heterocycles. The molecule has 0 spiro atoms. The van der Waals surface area contributed by atoms with Gasteiger partial charge >= 0.3 is 5.97 Å². The molecule has 21 heavy (non-hydrogen) atoms. The standard InChI is InChI=1S/C14H21N3O3S/c1-8-11(14(19)20)13(21-16-8)17(2)12(18)10-5-3-9(7-15)4-6-10/h9-10H,3-7,15H2,1-2H3,(H,19,20). The van der Waals surface area contributed by atoms with Crippen LogP contribution in [0.15, 0.2) is 0 Å². The van der Waals surface area contributed by atoms with Gasteiger partial charge in [0.15, 0.2) is 0 Å². The van der Waals surface area contributed by atoms with E-state index >= 15 is 0 Å². The maximum Gasteiger partial charge on any atom is 0.340 e. The predicted molar refractivity (Wildman–Crippen MR) is 81.7 cm³/mol. The molecular weight excluding hydrogens is 290 g/mol. The lowest BCUT2D eigenvalue weighted by molar-refractivity contribution is -0.123. The van der Waals surface area contributed by atoms with Crippen LogP contribution in [0.2, 0.25) is 0 Å². The Kier molecular flexibility index (Phi) is 4.95. The summed E-state index contributed by atoms with van der Waals surface area (Å²) in [6.07, 6.45) is 3.58. The molecule has 0 saturated heterocycles. The summed E-state index contributed by atoms with van der Waals surface area (Å²) in [6.45, 7) is 2.32. The number of carboxylic acid groups (broad SMARTS) is 1. The van der Waals surface area contributed by atoms with E-state index in [0.717, 1.165) is 37.2 Å². The fraction of sp³-hybridized carbons (Fsp3) is 0.643. The number of hydrogen-bond donors (Lipinski definition) is 2. The molecule has 3 N–H and O–H groups in total. The number of nitrogens with two attached hydrogens (primary N) is 1. The Bertz CT molecular complexity index is 536. The zero-order valence-corrected chi connectivity index (χ0v) is 13.2. The number of carbonyl (C=O) groups is 2. The molecule has 0 unspecified atom stereocenters. The average Bonchev–Trinajstić information content (AvgIpc) is 2.87. The zero-order chi connectivity index (χ0) is 15.6. The number of amides is 1. The fourth-order valence-corrected chi connectivity index (χ4v) is 3.71. The molecule has 1 saturated carbocycles. The summed E-state index contributed by atoms with van der Waals surface area (Å²) in [5.74, 6) is -0.583. The highest BCUT2D eigenvalue weighted by Gasteiger charge is 2.31. The number of aromatic nitrogens is 1. The number of nitrogens with zero attached hydrogens (tertiary/aromatic N) is 2. The second-order valence-electron chi connectivity index (χ2n) is 5.60. The van der Waals surface area contributed by atoms with Crippen LogP contribution in [0.1, 0.15) is 41.7 Å². The van der Waals surface area contributed by atoms with Crippen LogP contribution >= 0.6 is 11.5 Å². The SMILES string of the molecule is Cc1nsc(N(C)C(=O)C2CCC(CN)CC2)c1C(=O)O. The van der Waals surface area contributed by atoms with E-state index in [-0.39, 0.29) is 17.4 Å². The number of aryl methyl sites for hydroxylation is 1. The highest BCUT2D eigenvalue weighted by Crippen LogP contribution is 2.33. The first-order chi connectivity index (χ1) is 9.95. The molecule has 1 aromatic rings. The van der Waals surface area contributed by atoms with Gasteiger partial charge in [0, 0.05) is 13.0 Å². The summed E-state index contributed by atoms with van der Waals surface area (Å²) < 4.78 is 4.06. The van der Waals surface area contributed by atoms with Crippen LogP contribution in [0.25, 0.3) is 0 Å². The van der Waals surface area contributed by atoms with Crippen LogP contribution in [0.4, 0.5) is 5.00 Å². The van der Waals surface area contributed by atoms with E-state index < -0.39 is 5.97 Å². The third kappa shape index (κ3) is 3.24. The Morgan fingerprint density at radius 3 is 2.52 bits per heavy atom. The van der Waals surface area contributed by atoms with Crippen molar-refractivity contribution >= 4 is 28.4 Å². The van der Waals surface area contributed by atoms with Crippen LogP contribution in [0.3, 0.4) is 0 Å². The van der Waals surface area contributed by atoms with Crippen molar-refractivity contribution in [3.63, 3.8) is 0 Å². The van der Waals surface area contributed by atoms with Gasteiger partial charge in [-0.25, -0.2) is 4.79 Å². The zero-order valence-electron chi connectivity index (χ0n) is 12.3. The summed E-state index contributed by atoms with van der Waals surface area (Å²) in [5, 5.41) is 9.68. The van der Waals surface area contributed by atoms with Gasteiger partial charge in [0.1, 0.15) is 10.6 Å². The smallest absolute Gasteiger partial charge is 0.340 e. The van der Waals surface area contributed by atoms with E-state index in [4.69, 9.17) is 5.73 Å². The molecule has 1 heterocycles. The van der Waals surface area contributed by atoms with Crippen molar-refractivity contribution < 1.29 is 14.7 Å². The average molecular weight is 311 g/mol. The summed E-state index contributed by atoms with van der Waals surface area (Å²) >= 11 is 1.06. The molecule has 0 radical (unpaired) electrons. The fourth-order valence-electron chi connectivity index (χ4n) is 2.85. The Morgan fingerprint density at radius 2 is 2.00 bits per heavy atom. The third-order valence-corrected chi connectivity index (χ3v) is 5.24. The van der Waals surface area contributed by atoms with Crippen molar-refractivity contribution in [1.82, 2.24) is 4.37 Å². The molecule has 0 bridgehead atoms. The molecule has 7 heteroatoms. The largest absolute Gasteiger partial charge is 0.478 e. The second-order valence-corrected chi connectivity index (χ2v) is 6.36. The topological polar surface area (TPSA) is 96.5 Å². The summed E-state index contributed by atoms with van der Waals surface area (Å²) in [6, 6.07) is 0. The van der Waals surface area contributed by atoms with Crippen LogP contribution in [-0.4, -0.2) is 34.9 Å². The van der Waals surface area contributed by atoms with Crippen LogP contribution in [0, 0.1) is 18.8 Å². The van der Waals surface area contributed by atoms with Gasteiger partial charge in [-0.3, -0.25) is 4.79 Å². The van der Waals surface area contributed by atoms with E-state index in [0.29, 0.717) is 23.2 Å². The molecule has 1 amide bonds. The van der Waals surface area contributed by atoms with Crippen molar-refractivity contribution in [1.29, 1.82) is 0 Å². The number of rotatable bonds is 4. The first kappa shape index (κ1) is 15.9. The minimum Gasteiger partial charge on any atom is -0.478 e. The van der Waals surface area contributed by atoms with E-state index in [1.807, 2.05) is 0 Å².